The number of ether oxygens (including phenoxy) is 1. The van der Waals surface area contributed by atoms with Crippen LogP contribution in [0.3, 0.4) is 0 Å². The third-order valence-corrected chi connectivity index (χ3v) is 4.76. The molecule has 1 saturated heterocycles. The van der Waals surface area contributed by atoms with Crippen molar-refractivity contribution in [3.05, 3.63) is 23.9 Å². The second kappa shape index (κ2) is 11.1. The first kappa shape index (κ1) is 21.4. The van der Waals surface area contributed by atoms with Crippen LogP contribution in [0.5, 0.6) is 0 Å². The van der Waals surface area contributed by atoms with Crippen LogP contribution in [0.2, 0.25) is 0 Å². The minimum Gasteiger partial charge on any atom is -0.379 e. The summed E-state index contributed by atoms with van der Waals surface area (Å²) in [5.41, 5.74) is 1.18. The van der Waals surface area contributed by atoms with Crippen LogP contribution in [0, 0.1) is 5.92 Å². The number of rotatable bonds is 8. The summed E-state index contributed by atoms with van der Waals surface area (Å²) in [7, 11) is 5.82. The van der Waals surface area contributed by atoms with E-state index >= 15 is 0 Å². The number of guanidine groups is 1. The molecular weight excluding hydrogens is 340 g/mol. The van der Waals surface area contributed by atoms with Crippen molar-refractivity contribution in [2.24, 2.45) is 10.9 Å². The Morgan fingerprint density at radius 3 is 2.67 bits per heavy atom. The van der Waals surface area contributed by atoms with Crippen molar-refractivity contribution in [3.8, 4) is 0 Å². The Labute approximate surface area is 164 Å². The molecule has 7 heteroatoms. The summed E-state index contributed by atoms with van der Waals surface area (Å²) in [6.07, 6.45) is 3.01. The van der Waals surface area contributed by atoms with Gasteiger partial charge >= 0.3 is 0 Å². The Balaban J connectivity index is 1.88. The molecule has 2 rings (SSSR count). The number of pyridine rings is 1. The summed E-state index contributed by atoms with van der Waals surface area (Å²) < 4.78 is 5.51. The fraction of sp³-hybridized carbons (Fsp3) is 0.700. The quantitative estimate of drug-likeness (QED) is 0.530. The lowest BCUT2D eigenvalue weighted by Gasteiger charge is -2.35. The Morgan fingerprint density at radius 1 is 1.30 bits per heavy atom. The predicted molar refractivity (Wildman–Crippen MR) is 112 cm³/mol. The van der Waals surface area contributed by atoms with Gasteiger partial charge < -0.3 is 20.3 Å². The minimum atomic E-state index is 0.494. The van der Waals surface area contributed by atoms with Crippen LogP contribution in [0.1, 0.15) is 25.8 Å². The summed E-state index contributed by atoms with van der Waals surface area (Å²) in [5.74, 6) is 2.46. The number of aromatic nitrogens is 1. The normalized spacial score (nSPS) is 17.0. The van der Waals surface area contributed by atoms with E-state index in [4.69, 9.17) is 4.74 Å². The van der Waals surface area contributed by atoms with Gasteiger partial charge in [-0.25, -0.2) is 4.98 Å². The highest BCUT2D eigenvalue weighted by Gasteiger charge is 2.22. The molecule has 2 heterocycles. The number of aliphatic imine (C=N–C) groups is 1. The smallest absolute Gasteiger partial charge is 0.191 e. The lowest BCUT2D eigenvalue weighted by molar-refractivity contribution is 0.0132. The molecule has 1 aliphatic heterocycles. The maximum absolute atomic E-state index is 5.51. The Kier molecular flexibility index (Phi) is 8.81. The van der Waals surface area contributed by atoms with E-state index in [0.29, 0.717) is 12.0 Å². The monoisotopic (exact) mass is 376 g/mol. The summed E-state index contributed by atoms with van der Waals surface area (Å²) in [6.45, 7) is 9.85. The third kappa shape index (κ3) is 7.34. The molecule has 0 aliphatic carbocycles. The van der Waals surface area contributed by atoms with Gasteiger partial charge in [0.15, 0.2) is 5.96 Å². The second-order valence-corrected chi connectivity index (χ2v) is 7.66. The van der Waals surface area contributed by atoms with Gasteiger partial charge in [0, 0.05) is 59.6 Å². The fourth-order valence-corrected chi connectivity index (χ4v) is 3.28. The number of morpholine rings is 1. The van der Waals surface area contributed by atoms with E-state index in [-0.39, 0.29) is 0 Å². The average Bonchev–Trinajstić information content (AvgIpc) is 2.67. The van der Waals surface area contributed by atoms with Crippen molar-refractivity contribution in [2.45, 2.75) is 32.9 Å². The van der Waals surface area contributed by atoms with Gasteiger partial charge in [0.05, 0.1) is 13.2 Å². The van der Waals surface area contributed by atoms with Crippen LogP contribution in [-0.4, -0.2) is 75.9 Å². The van der Waals surface area contributed by atoms with Crippen LogP contribution < -0.4 is 15.5 Å². The van der Waals surface area contributed by atoms with Crippen molar-refractivity contribution in [1.29, 1.82) is 0 Å². The molecule has 1 atom stereocenters. The lowest BCUT2D eigenvalue weighted by atomic mass is 10.0. The van der Waals surface area contributed by atoms with Crippen molar-refractivity contribution >= 4 is 11.8 Å². The van der Waals surface area contributed by atoms with Gasteiger partial charge in [-0.15, -0.1) is 0 Å². The zero-order valence-electron chi connectivity index (χ0n) is 17.5. The molecule has 0 saturated carbocycles. The van der Waals surface area contributed by atoms with Crippen molar-refractivity contribution in [1.82, 2.24) is 20.5 Å². The van der Waals surface area contributed by atoms with Crippen molar-refractivity contribution < 1.29 is 4.74 Å². The molecule has 1 aromatic rings. The minimum absolute atomic E-state index is 0.494. The maximum atomic E-state index is 5.51. The number of hydrogen-bond acceptors (Lipinski definition) is 5. The highest BCUT2D eigenvalue weighted by molar-refractivity contribution is 5.79. The Bertz CT molecular complexity index is 584. The second-order valence-electron chi connectivity index (χ2n) is 7.66. The first-order valence-electron chi connectivity index (χ1n) is 9.88. The summed E-state index contributed by atoms with van der Waals surface area (Å²) in [5, 5.41) is 6.92. The number of hydrogen-bond donors (Lipinski definition) is 2. The van der Waals surface area contributed by atoms with E-state index in [1.54, 1.807) is 0 Å². The third-order valence-electron chi connectivity index (χ3n) is 4.76. The van der Waals surface area contributed by atoms with Gasteiger partial charge in [-0.05, 0) is 30.0 Å². The summed E-state index contributed by atoms with van der Waals surface area (Å²) in [4.78, 5) is 13.3. The molecule has 1 unspecified atom stereocenters. The molecule has 0 spiro atoms. The largest absolute Gasteiger partial charge is 0.379 e. The molecule has 0 bridgehead atoms. The van der Waals surface area contributed by atoms with Crippen molar-refractivity contribution in [2.75, 3.05) is 58.9 Å². The molecule has 2 N–H and O–H groups in total. The highest BCUT2D eigenvalue weighted by Crippen LogP contribution is 2.13. The van der Waals surface area contributed by atoms with E-state index in [1.807, 2.05) is 38.3 Å². The zero-order valence-corrected chi connectivity index (χ0v) is 17.5. The Hall–Kier alpha value is -1.86. The van der Waals surface area contributed by atoms with E-state index in [9.17, 15) is 0 Å². The molecule has 1 fully saturated rings. The van der Waals surface area contributed by atoms with E-state index < -0.39 is 0 Å². The molecule has 1 aliphatic rings. The van der Waals surface area contributed by atoms with Crippen LogP contribution in [-0.2, 0) is 11.3 Å². The maximum Gasteiger partial charge on any atom is 0.191 e. The summed E-state index contributed by atoms with van der Waals surface area (Å²) >= 11 is 0. The van der Waals surface area contributed by atoms with Gasteiger partial charge in [0.1, 0.15) is 5.82 Å². The number of nitrogens with one attached hydrogen (secondary N) is 2. The van der Waals surface area contributed by atoms with Crippen LogP contribution in [0.4, 0.5) is 5.82 Å². The standard InChI is InChI=1S/C20H36N6O/c1-16(2)12-18(26-8-10-27-11-9-26)15-24-20(21-3)23-14-17-6-7-22-19(13-17)25(4)5/h6-7,13,16,18H,8-12,14-15H2,1-5H3,(H2,21,23,24). The fourth-order valence-electron chi connectivity index (χ4n) is 3.28. The van der Waals surface area contributed by atoms with Crippen molar-refractivity contribution in [3.63, 3.8) is 0 Å². The van der Waals surface area contributed by atoms with Crippen LogP contribution >= 0.6 is 0 Å². The van der Waals surface area contributed by atoms with Gasteiger partial charge in [-0.2, -0.15) is 0 Å². The highest BCUT2D eigenvalue weighted by atomic mass is 16.5. The first-order valence-corrected chi connectivity index (χ1v) is 9.88. The molecular formula is C20H36N6O. The van der Waals surface area contributed by atoms with E-state index in [0.717, 1.165) is 51.2 Å². The van der Waals surface area contributed by atoms with E-state index in [1.165, 1.54) is 12.0 Å². The first-order chi connectivity index (χ1) is 13.0. The Morgan fingerprint density at radius 2 is 2.04 bits per heavy atom. The van der Waals surface area contributed by atoms with Crippen LogP contribution in [0.15, 0.2) is 23.3 Å². The number of nitrogens with zero attached hydrogens (tertiary/aromatic N) is 4. The molecule has 0 radical (unpaired) electrons. The number of anilines is 1. The van der Waals surface area contributed by atoms with Gasteiger partial charge in [-0.1, -0.05) is 13.8 Å². The topological polar surface area (TPSA) is 65.0 Å². The molecule has 27 heavy (non-hydrogen) atoms. The lowest BCUT2D eigenvalue weighted by Crippen LogP contribution is -2.50. The van der Waals surface area contributed by atoms with Gasteiger partial charge in [0.2, 0.25) is 0 Å². The predicted octanol–water partition coefficient (Wildman–Crippen LogP) is 1.56. The summed E-state index contributed by atoms with van der Waals surface area (Å²) in [6, 6.07) is 4.62. The van der Waals surface area contributed by atoms with Crippen LogP contribution in [0.25, 0.3) is 0 Å². The SMILES string of the molecule is CN=C(NCc1ccnc(N(C)C)c1)NCC(CC(C)C)N1CCOCC1. The molecule has 1 aromatic heterocycles. The molecule has 0 aromatic carbocycles. The molecule has 7 nitrogen and oxygen atoms in total. The molecule has 152 valence electrons. The van der Waals surface area contributed by atoms with Gasteiger partial charge in [-0.3, -0.25) is 9.89 Å². The van der Waals surface area contributed by atoms with Gasteiger partial charge in [0.25, 0.3) is 0 Å². The zero-order chi connectivity index (χ0) is 19.6. The average molecular weight is 377 g/mol. The van der Waals surface area contributed by atoms with E-state index in [2.05, 4.69) is 45.4 Å². The molecule has 0 amide bonds.